The minimum absolute atomic E-state index is 0.432. The zero-order valence-corrected chi connectivity index (χ0v) is 12.7. The summed E-state index contributed by atoms with van der Waals surface area (Å²) in [5.74, 6) is 2.23. The molecule has 4 rings (SSSR count). The van der Waals surface area contributed by atoms with Crippen molar-refractivity contribution in [1.82, 2.24) is 29.9 Å². The van der Waals surface area contributed by atoms with Gasteiger partial charge in [-0.2, -0.15) is 5.10 Å². The average Bonchev–Trinajstić information content (AvgIpc) is 3.30. The zero-order chi connectivity index (χ0) is 15.5. The molecule has 0 saturated carbocycles. The molecule has 0 radical (unpaired) electrons. The van der Waals surface area contributed by atoms with Gasteiger partial charge in [0.2, 0.25) is 5.89 Å². The Morgan fingerprint density at radius 1 is 1.30 bits per heavy atom. The average molecular weight is 314 g/mol. The highest BCUT2D eigenvalue weighted by Gasteiger charge is 2.22. The summed E-state index contributed by atoms with van der Waals surface area (Å²) in [5, 5.41) is 12.4. The summed E-state index contributed by atoms with van der Waals surface area (Å²) in [7, 11) is 0. The van der Waals surface area contributed by atoms with Crippen LogP contribution in [0.5, 0.6) is 0 Å². The van der Waals surface area contributed by atoms with Gasteiger partial charge < -0.3 is 8.83 Å². The van der Waals surface area contributed by atoms with Gasteiger partial charge in [0.15, 0.2) is 5.76 Å². The molecule has 3 aromatic rings. The van der Waals surface area contributed by atoms with E-state index in [0.29, 0.717) is 30.0 Å². The Bertz CT molecular complexity index is 721. The quantitative estimate of drug-likeness (QED) is 0.710. The lowest BCUT2D eigenvalue weighted by molar-refractivity contribution is 0.142. The van der Waals surface area contributed by atoms with Gasteiger partial charge in [-0.3, -0.25) is 9.58 Å². The minimum atomic E-state index is 0.432. The monoisotopic (exact) mass is 314 g/mol. The van der Waals surface area contributed by atoms with Crippen LogP contribution in [-0.4, -0.2) is 43.0 Å². The molecule has 0 spiro atoms. The molecule has 0 bridgehead atoms. The lowest BCUT2D eigenvalue weighted by Crippen LogP contribution is -2.36. The molecule has 4 heterocycles. The molecule has 1 saturated heterocycles. The predicted octanol–water partition coefficient (Wildman–Crippen LogP) is 1.83. The van der Waals surface area contributed by atoms with Crippen molar-refractivity contribution in [2.75, 3.05) is 13.1 Å². The van der Waals surface area contributed by atoms with Crippen molar-refractivity contribution in [1.29, 1.82) is 0 Å². The van der Waals surface area contributed by atoms with E-state index < -0.39 is 0 Å². The van der Waals surface area contributed by atoms with Crippen LogP contribution in [0.4, 0.5) is 0 Å². The van der Waals surface area contributed by atoms with Crippen LogP contribution in [0.1, 0.15) is 18.7 Å². The van der Waals surface area contributed by atoms with E-state index in [1.807, 2.05) is 10.7 Å². The van der Waals surface area contributed by atoms with Crippen molar-refractivity contribution in [2.45, 2.75) is 25.9 Å². The van der Waals surface area contributed by atoms with Crippen molar-refractivity contribution in [3.05, 3.63) is 36.9 Å². The summed E-state index contributed by atoms with van der Waals surface area (Å²) < 4.78 is 12.9. The van der Waals surface area contributed by atoms with Gasteiger partial charge in [-0.15, -0.1) is 10.2 Å². The summed E-state index contributed by atoms with van der Waals surface area (Å²) >= 11 is 0. The van der Waals surface area contributed by atoms with Gasteiger partial charge in [-0.25, -0.2) is 4.98 Å². The molecule has 3 aromatic heterocycles. The highest BCUT2D eigenvalue weighted by molar-refractivity contribution is 5.42. The Morgan fingerprint density at radius 2 is 2.30 bits per heavy atom. The lowest BCUT2D eigenvalue weighted by Gasteiger charge is -2.31. The summed E-state index contributed by atoms with van der Waals surface area (Å²) in [6.45, 7) is 3.62. The molecular formula is C15H18N6O2. The van der Waals surface area contributed by atoms with Gasteiger partial charge in [0, 0.05) is 13.1 Å². The first-order chi connectivity index (χ1) is 11.4. The van der Waals surface area contributed by atoms with Gasteiger partial charge in [0.25, 0.3) is 5.89 Å². The van der Waals surface area contributed by atoms with Gasteiger partial charge in [0.05, 0.1) is 12.8 Å². The fourth-order valence-corrected chi connectivity index (χ4v) is 3.04. The van der Waals surface area contributed by atoms with Crippen LogP contribution in [-0.2, 0) is 13.1 Å². The standard InChI is InChI=1S/C15H18N6O2/c1-3-12(8-21-11-16-10-17-21)7-20(5-1)9-14-18-19-15(23-14)13-4-2-6-22-13/h2,4,6,10-12H,1,3,5,7-9H2/t12-/m0/s1. The summed E-state index contributed by atoms with van der Waals surface area (Å²) in [6.07, 6.45) is 7.32. The number of nitrogens with zero attached hydrogens (tertiary/aromatic N) is 6. The largest absolute Gasteiger partial charge is 0.459 e. The predicted molar refractivity (Wildman–Crippen MR) is 80.0 cm³/mol. The first-order valence-corrected chi connectivity index (χ1v) is 7.78. The molecule has 1 aliphatic rings. The van der Waals surface area contributed by atoms with Crippen LogP contribution in [0, 0.1) is 5.92 Å². The molecule has 0 aromatic carbocycles. The van der Waals surface area contributed by atoms with Crippen LogP contribution in [0.3, 0.4) is 0 Å². The fraction of sp³-hybridized carbons (Fsp3) is 0.467. The molecule has 23 heavy (non-hydrogen) atoms. The third kappa shape index (κ3) is 3.31. The van der Waals surface area contributed by atoms with E-state index in [-0.39, 0.29) is 0 Å². The van der Waals surface area contributed by atoms with Crippen LogP contribution in [0.15, 0.2) is 39.9 Å². The van der Waals surface area contributed by atoms with Gasteiger partial charge in [-0.05, 0) is 37.4 Å². The van der Waals surface area contributed by atoms with Gasteiger partial charge >= 0.3 is 0 Å². The molecule has 1 atom stereocenters. The Morgan fingerprint density at radius 3 is 3.13 bits per heavy atom. The summed E-state index contributed by atoms with van der Waals surface area (Å²) in [5.41, 5.74) is 0. The maximum Gasteiger partial charge on any atom is 0.283 e. The van der Waals surface area contributed by atoms with Gasteiger partial charge in [-0.1, -0.05) is 0 Å². The molecule has 0 aliphatic carbocycles. The second kappa shape index (κ2) is 6.33. The van der Waals surface area contributed by atoms with Crippen molar-refractivity contribution >= 4 is 0 Å². The number of hydrogen-bond acceptors (Lipinski definition) is 7. The third-order valence-electron chi connectivity index (χ3n) is 4.07. The Balaban J connectivity index is 1.37. The first-order valence-electron chi connectivity index (χ1n) is 7.78. The normalized spacial score (nSPS) is 19.2. The third-order valence-corrected chi connectivity index (χ3v) is 4.07. The molecular weight excluding hydrogens is 296 g/mol. The smallest absolute Gasteiger partial charge is 0.283 e. The molecule has 120 valence electrons. The number of furan rings is 1. The molecule has 1 fully saturated rings. The Labute approximate surface area is 133 Å². The first kappa shape index (κ1) is 14.1. The number of hydrogen-bond donors (Lipinski definition) is 0. The lowest BCUT2D eigenvalue weighted by atomic mass is 9.98. The fourth-order valence-electron chi connectivity index (χ4n) is 3.04. The van der Waals surface area contributed by atoms with Crippen molar-refractivity contribution in [3.63, 3.8) is 0 Å². The number of piperidine rings is 1. The van der Waals surface area contributed by atoms with Crippen LogP contribution >= 0.6 is 0 Å². The number of likely N-dealkylation sites (tertiary alicyclic amines) is 1. The van der Waals surface area contributed by atoms with E-state index in [4.69, 9.17) is 8.83 Å². The van der Waals surface area contributed by atoms with Crippen molar-refractivity contribution in [2.24, 2.45) is 5.92 Å². The maximum atomic E-state index is 5.69. The van der Waals surface area contributed by atoms with Crippen molar-refractivity contribution in [3.8, 4) is 11.7 Å². The SMILES string of the molecule is c1coc(-c2nnc(CN3CCC[C@H](Cn4cncn4)C3)o2)c1. The van der Waals surface area contributed by atoms with Crippen LogP contribution in [0.2, 0.25) is 0 Å². The molecule has 1 aliphatic heterocycles. The Hall–Kier alpha value is -2.48. The van der Waals surface area contributed by atoms with E-state index >= 15 is 0 Å². The maximum absolute atomic E-state index is 5.69. The topological polar surface area (TPSA) is 86.0 Å². The van der Waals surface area contributed by atoms with Gasteiger partial charge in [0.1, 0.15) is 12.7 Å². The van der Waals surface area contributed by atoms with Crippen LogP contribution in [0.25, 0.3) is 11.7 Å². The van der Waals surface area contributed by atoms with E-state index in [0.717, 1.165) is 19.6 Å². The van der Waals surface area contributed by atoms with E-state index in [1.54, 1.807) is 25.0 Å². The van der Waals surface area contributed by atoms with E-state index in [1.165, 1.54) is 12.8 Å². The Kier molecular flexibility index (Phi) is 3.89. The number of aromatic nitrogens is 5. The molecule has 0 amide bonds. The molecule has 8 nitrogen and oxygen atoms in total. The summed E-state index contributed by atoms with van der Waals surface area (Å²) in [6, 6.07) is 3.62. The van der Waals surface area contributed by atoms with E-state index in [9.17, 15) is 0 Å². The highest BCUT2D eigenvalue weighted by Crippen LogP contribution is 2.22. The van der Waals surface area contributed by atoms with E-state index in [2.05, 4.69) is 25.2 Å². The molecule has 0 unspecified atom stereocenters. The number of rotatable bonds is 5. The molecule has 8 heteroatoms. The van der Waals surface area contributed by atoms with Crippen molar-refractivity contribution < 1.29 is 8.83 Å². The molecule has 0 N–H and O–H groups in total. The second-order valence-electron chi connectivity index (χ2n) is 5.84. The zero-order valence-electron chi connectivity index (χ0n) is 12.7. The highest BCUT2D eigenvalue weighted by atomic mass is 16.4. The van der Waals surface area contributed by atoms with Crippen LogP contribution < -0.4 is 0 Å². The minimum Gasteiger partial charge on any atom is -0.459 e. The second-order valence-corrected chi connectivity index (χ2v) is 5.84. The summed E-state index contributed by atoms with van der Waals surface area (Å²) in [4.78, 5) is 6.35.